The lowest BCUT2D eigenvalue weighted by atomic mass is 10.2. The maximum Gasteiger partial charge on any atom is 0.422 e. The molecule has 0 saturated heterocycles. The van der Waals surface area contributed by atoms with Gasteiger partial charge in [-0.15, -0.1) is 0 Å². The third kappa shape index (κ3) is 11.0. The fourth-order valence-electron chi connectivity index (χ4n) is 0.883. The van der Waals surface area contributed by atoms with Gasteiger partial charge in [-0.1, -0.05) is 13.8 Å². The molecule has 2 amide bonds. The van der Waals surface area contributed by atoms with Crippen molar-refractivity contribution < 1.29 is 27.5 Å². The first-order chi connectivity index (χ1) is 8.20. The quantitative estimate of drug-likeness (QED) is 0.767. The van der Waals surface area contributed by atoms with Gasteiger partial charge in [-0.05, 0) is 5.92 Å². The average Bonchev–Trinajstić information content (AvgIpc) is 2.22. The van der Waals surface area contributed by atoms with E-state index in [-0.39, 0.29) is 18.9 Å². The highest BCUT2D eigenvalue weighted by molar-refractivity contribution is 5.76. The SMILES string of the molecule is CC(C)CNC(=O)CCNC(=O)OCC(F)(F)F. The highest BCUT2D eigenvalue weighted by atomic mass is 19.4. The van der Waals surface area contributed by atoms with Crippen molar-refractivity contribution >= 4 is 12.0 Å². The summed E-state index contributed by atoms with van der Waals surface area (Å²) in [5, 5.41) is 4.65. The molecule has 106 valence electrons. The van der Waals surface area contributed by atoms with E-state index in [1.165, 1.54) is 0 Å². The van der Waals surface area contributed by atoms with Crippen LogP contribution in [0.2, 0.25) is 0 Å². The van der Waals surface area contributed by atoms with Crippen molar-refractivity contribution in [2.45, 2.75) is 26.4 Å². The number of alkyl halides is 3. The van der Waals surface area contributed by atoms with Crippen molar-refractivity contribution in [1.82, 2.24) is 10.6 Å². The summed E-state index contributed by atoms with van der Waals surface area (Å²) < 4.78 is 38.9. The van der Waals surface area contributed by atoms with Gasteiger partial charge in [0.05, 0.1) is 0 Å². The lowest BCUT2D eigenvalue weighted by molar-refractivity contribution is -0.160. The summed E-state index contributed by atoms with van der Waals surface area (Å²) in [5.41, 5.74) is 0. The molecule has 0 rings (SSSR count). The van der Waals surface area contributed by atoms with Crippen molar-refractivity contribution in [2.24, 2.45) is 5.92 Å². The number of hydrogen-bond acceptors (Lipinski definition) is 3. The van der Waals surface area contributed by atoms with Crippen molar-refractivity contribution in [3.8, 4) is 0 Å². The Kier molecular flexibility index (Phi) is 7.14. The van der Waals surface area contributed by atoms with Crippen LogP contribution in [0.4, 0.5) is 18.0 Å². The standard InChI is InChI=1S/C10H17F3N2O3/c1-7(2)5-15-8(16)3-4-14-9(17)18-6-10(11,12)13/h7H,3-6H2,1-2H3,(H,14,17)(H,15,16). The summed E-state index contributed by atoms with van der Waals surface area (Å²) in [6.07, 6.45) is -5.75. The normalized spacial score (nSPS) is 11.2. The summed E-state index contributed by atoms with van der Waals surface area (Å²) in [7, 11) is 0. The molecule has 0 unspecified atom stereocenters. The molecular weight excluding hydrogens is 253 g/mol. The largest absolute Gasteiger partial charge is 0.440 e. The molecule has 0 bridgehead atoms. The maximum atomic E-state index is 11.7. The van der Waals surface area contributed by atoms with Crippen LogP contribution in [0.5, 0.6) is 0 Å². The Hall–Kier alpha value is -1.47. The Morgan fingerprint density at radius 3 is 2.33 bits per heavy atom. The Labute approximate surface area is 103 Å². The van der Waals surface area contributed by atoms with Crippen LogP contribution in [-0.4, -0.2) is 37.9 Å². The van der Waals surface area contributed by atoms with E-state index in [4.69, 9.17) is 0 Å². The topological polar surface area (TPSA) is 67.4 Å². The Morgan fingerprint density at radius 1 is 1.22 bits per heavy atom. The maximum absolute atomic E-state index is 11.7. The summed E-state index contributed by atoms with van der Waals surface area (Å²) in [5.74, 6) is 0.0264. The zero-order valence-corrected chi connectivity index (χ0v) is 10.3. The van der Waals surface area contributed by atoms with Crippen molar-refractivity contribution in [3.05, 3.63) is 0 Å². The smallest absolute Gasteiger partial charge is 0.422 e. The van der Waals surface area contributed by atoms with Crippen LogP contribution in [-0.2, 0) is 9.53 Å². The first-order valence-electron chi connectivity index (χ1n) is 5.45. The Balaban J connectivity index is 3.59. The number of alkyl carbamates (subject to hydrolysis) is 1. The molecule has 0 aromatic carbocycles. The van der Waals surface area contributed by atoms with Crippen LogP contribution in [0.15, 0.2) is 0 Å². The molecule has 2 N–H and O–H groups in total. The van der Waals surface area contributed by atoms with E-state index in [0.29, 0.717) is 12.5 Å². The first-order valence-corrected chi connectivity index (χ1v) is 5.45. The van der Waals surface area contributed by atoms with E-state index in [2.05, 4.69) is 15.4 Å². The predicted octanol–water partition coefficient (Wildman–Crippen LogP) is 1.44. The molecule has 8 heteroatoms. The second-order valence-electron chi connectivity index (χ2n) is 4.07. The van der Waals surface area contributed by atoms with Crippen molar-refractivity contribution in [1.29, 1.82) is 0 Å². The third-order valence-electron chi connectivity index (χ3n) is 1.70. The fourth-order valence-corrected chi connectivity index (χ4v) is 0.883. The lowest BCUT2D eigenvalue weighted by Gasteiger charge is -2.10. The number of hydrogen-bond donors (Lipinski definition) is 2. The number of rotatable bonds is 6. The molecule has 0 aromatic rings. The molecule has 18 heavy (non-hydrogen) atoms. The fraction of sp³-hybridized carbons (Fsp3) is 0.800. The predicted molar refractivity (Wildman–Crippen MR) is 57.9 cm³/mol. The second kappa shape index (κ2) is 7.78. The van der Waals surface area contributed by atoms with Gasteiger partial charge < -0.3 is 15.4 Å². The van der Waals surface area contributed by atoms with Crippen molar-refractivity contribution in [3.63, 3.8) is 0 Å². The molecule has 0 spiro atoms. The van der Waals surface area contributed by atoms with Gasteiger partial charge in [-0.3, -0.25) is 4.79 Å². The minimum atomic E-state index is -4.55. The van der Waals surface area contributed by atoms with Gasteiger partial charge >= 0.3 is 12.3 Å². The van der Waals surface area contributed by atoms with Gasteiger partial charge in [0.1, 0.15) is 0 Å². The summed E-state index contributed by atoms with van der Waals surface area (Å²) >= 11 is 0. The number of amides is 2. The molecule has 0 aliphatic rings. The molecule has 0 aliphatic carbocycles. The first kappa shape index (κ1) is 16.5. The van der Waals surface area contributed by atoms with Gasteiger partial charge in [0, 0.05) is 19.5 Å². The van der Waals surface area contributed by atoms with Gasteiger partial charge in [-0.25, -0.2) is 4.79 Å². The van der Waals surface area contributed by atoms with Crippen molar-refractivity contribution in [2.75, 3.05) is 19.7 Å². The molecular formula is C10H17F3N2O3. The number of carbonyl (C=O) groups is 2. The van der Waals surface area contributed by atoms with Crippen LogP contribution in [0.3, 0.4) is 0 Å². The van der Waals surface area contributed by atoms with Crippen LogP contribution >= 0.6 is 0 Å². The molecule has 0 aromatic heterocycles. The Bertz CT molecular complexity index is 280. The molecule has 5 nitrogen and oxygen atoms in total. The second-order valence-corrected chi connectivity index (χ2v) is 4.07. The zero-order valence-electron chi connectivity index (χ0n) is 10.3. The van der Waals surface area contributed by atoms with Gasteiger partial charge in [0.15, 0.2) is 6.61 Å². The molecule has 0 saturated carbocycles. The lowest BCUT2D eigenvalue weighted by Crippen LogP contribution is -2.33. The molecule has 0 aliphatic heterocycles. The highest BCUT2D eigenvalue weighted by Crippen LogP contribution is 2.14. The van der Waals surface area contributed by atoms with E-state index < -0.39 is 18.9 Å². The number of nitrogens with one attached hydrogen (secondary N) is 2. The zero-order chi connectivity index (χ0) is 14.2. The van der Waals surface area contributed by atoms with Crippen LogP contribution in [0.25, 0.3) is 0 Å². The van der Waals surface area contributed by atoms with Gasteiger partial charge in [-0.2, -0.15) is 13.2 Å². The van der Waals surface area contributed by atoms with Crippen LogP contribution < -0.4 is 10.6 Å². The minimum absolute atomic E-state index is 0.00611. The van der Waals surface area contributed by atoms with E-state index in [1.807, 2.05) is 13.8 Å². The molecule has 0 radical (unpaired) electrons. The molecule has 0 fully saturated rings. The van der Waals surface area contributed by atoms with E-state index in [1.54, 1.807) is 0 Å². The van der Waals surface area contributed by atoms with Crippen LogP contribution in [0, 0.1) is 5.92 Å². The van der Waals surface area contributed by atoms with E-state index >= 15 is 0 Å². The van der Waals surface area contributed by atoms with Gasteiger partial charge in [0.25, 0.3) is 0 Å². The number of halogens is 3. The highest BCUT2D eigenvalue weighted by Gasteiger charge is 2.29. The summed E-state index contributed by atoms with van der Waals surface area (Å²) in [4.78, 5) is 21.9. The average molecular weight is 270 g/mol. The van der Waals surface area contributed by atoms with Crippen LogP contribution in [0.1, 0.15) is 20.3 Å². The summed E-state index contributed by atoms with van der Waals surface area (Å²) in [6, 6.07) is 0. The summed E-state index contributed by atoms with van der Waals surface area (Å²) in [6.45, 7) is 2.65. The van der Waals surface area contributed by atoms with Gasteiger partial charge in [0.2, 0.25) is 5.91 Å². The monoisotopic (exact) mass is 270 g/mol. The number of ether oxygens (including phenoxy) is 1. The third-order valence-corrected chi connectivity index (χ3v) is 1.70. The molecule has 0 atom stereocenters. The Morgan fingerprint density at radius 2 is 1.83 bits per heavy atom. The minimum Gasteiger partial charge on any atom is -0.440 e. The molecule has 0 heterocycles. The van der Waals surface area contributed by atoms with E-state index in [9.17, 15) is 22.8 Å². The number of carbonyl (C=O) groups excluding carboxylic acids is 2. The van der Waals surface area contributed by atoms with E-state index in [0.717, 1.165) is 0 Å².